The molecule has 0 atom stereocenters. The number of aliphatic imine (C=N–C) groups is 1. The lowest BCUT2D eigenvalue weighted by Gasteiger charge is -2.28. The summed E-state index contributed by atoms with van der Waals surface area (Å²) in [5.41, 5.74) is 1.13. The lowest BCUT2D eigenvalue weighted by Crippen LogP contribution is -2.38. The highest BCUT2D eigenvalue weighted by atomic mass is 127. The van der Waals surface area contributed by atoms with Crippen LogP contribution < -0.4 is 10.6 Å². The van der Waals surface area contributed by atoms with Crippen LogP contribution in [0.2, 0.25) is 0 Å². The maximum absolute atomic E-state index is 12.9. The predicted octanol–water partition coefficient (Wildman–Crippen LogP) is 3.27. The molecule has 1 aromatic rings. The molecule has 1 aliphatic rings. The van der Waals surface area contributed by atoms with E-state index in [9.17, 15) is 4.39 Å². The first kappa shape index (κ1) is 22.2. The lowest BCUT2D eigenvalue weighted by atomic mass is 9.94. The van der Waals surface area contributed by atoms with Crippen molar-refractivity contribution in [2.45, 2.75) is 32.6 Å². The number of nitrogens with zero attached hydrogens (tertiary/aromatic N) is 2. The molecule has 0 saturated carbocycles. The van der Waals surface area contributed by atoms with Gasteiger partial charge >= 0.3 is 0 Å². The Morgan fingerprint density at radius 1 is 1.20 bits per heavy atom. The molecule has 0 aliphatic carbocycles. The summed E-state index contributed by atoms with van der Waals surface area (Å²) in [5.74, 6) is 1.51. The van der Waals surface area contributed by atoms with Crippen LogP contribution in [0.5, 0.6) is 0 Å². The monoisotopic (exact) mass is 462 g/mol. The first-order valence-corrected chi connectivity index (χ1v) is 9.12. The maximum atomic E-state index is 12.9. The molecule has 25 heavy (non-hydrogen) atoms. The predicted molar refractivity (Wildman–Crippen MR) is 114 cm³/mol. The third-order valence-electron chi connectivity index (χ3n) is 4.61. The molecule has 0 aromatic heterocycles. The molecular weight excluding hydrogens is 430 g/mol. The van der Waals surface area contributed by atoms with Gasteiger partial charge in [0.1, 0.15) is 5.82 Å². The summed E-state index contributed by atoms with van der Waals surface area (Å²) in [6, 6.07) is 6.69. The Bertz CT molecular complexity index is 499. The Labute approximate surface area is 168 Å². The molecule has 0 unspecified atom stereocenters. The van der Waals surface area contributed by atoms with E-state index in [0.717, 1.165) is 43.5 Å². The Kier molecular flexibility index (Phi) is 11.0. The Morgan fingerprint density at radius 3 is 2.52 bits per heavy atom. The fourth-order valence-corrected chi connectivity index (χ4v) is 3.03. The average molecular weight is 462 g/mol. The third-order valence-corrected chi connectivity index (χ3v) is 4.61. The van der Waals surface area contributed by atoms with Gasteiger partial charge in [0.05, 0.1) is 0 Å². The number of benzene rings is 1. The minimum Gasteiger partial charge on any atom is -0.357 e. The maximum Gasteiger partial charge on any atom is 0.191 e. The first-order valence-electron chi connectivity index (χ1n) is 9.12. The molecule has 1 fully saturated rings. The fraction of sp³-hybridized carbons (Fsp3) is 0.632. The average Bonchev–Trinajstić information content (AvgIpc) is 2.58. The van der Waals surface area contributed by atoms with Gasteiger partial charge < -0.3 is 15.5 Å². The smallest absolute Gasteiger partial charge is 0.191 e. The summed E-state index contributed by atoms with van der Waals surface area (Å²) in [4.78, 5) is 7.10. The largest absolute Gasteiger partial charge is 0.357 e. The van der Waals surface area contributed by atoms with Crippen molar-refractivity contribution in [3.63, 3.8) is 0 Å². The highest BCUT2D eigenvalue weighted by Crippen LogP contribution is 2.19. The van der Waals surface area contributed by atoms with Gasteiger partial charge in [0.15, 0.2) is 5.96 Å². The molecule has 1 aliphatic heterocycles. The summed E-state index contributed by atoms with van der Waals surface area (Å²) in [5, 5.41) is 6.66. The summed E-state index contributed by atoms with van der Waals surface area (Å²) in [6.07, 6.45) is 4.61. The second-order valence-corrected chi connectivity index (χ2v) is 6.60. The number of guanidine groups is 1. The molecule has 4 nitrogen and oxygen atoms in total. The zero-order valence-corrected chi connectivity index (χ0v) is 17.8. The summed E-state index contributed by atoms with van der Waals surface area (Å²) < 4.78 is 12.9. The SMILES string of the molecule is CCNC(=NCCC1CCN(C)CC1)NCCc1ccc(F)cc1.I. The molecule has 0 bridgehead atoms. The van der Waals surface area contributed by atoms with Gasteiger partial charge in [-0.2, -0.15) is 0 Å². The van der Waals surface area contributed by atoms with Gasteiger partial charge in [0, 0.05) is 19.6 Å². The zero-order valence-electron chi connectivity index (χ0n) is 15.4. The second-order valence-electron chi connectivity index (χ2n) is 6.60. The second kappa shape index (κ2) is 12.5. The topological polar surface area (TPSA) is 39.7 Å². The molecule has 1 saturated heterocycles. The Hall–Kier alpha value is -0.890. The van der Waals surface area contributed by atoms with E-state index in [1.54, 1.807) is 0 Å². The van der Waals surface area contributed by atoms with E-state index in [0.29, 0.717) is 0 Å². The molecule has 6 heteroatoms. The van der Waals surface area contributed by atoms with Crippen molar-refractivity contribution in [2.75, 3.05) is 39.8 Å². The van der Waals surface area contributed by atoms with Crippen LogP contribution in [0, 0.1) is 11.7 Å². The third kappa shape index (κ3) is 8.85. The van der Waals surface area contributed by atoms with Crippen LogP contribution >= 0.6 is 24.0 Å². The molecule has 1 aromatic carbocycles. The normalized spacial score (nSPS) is 16.4. The summed E-state index contributed by atoms with van der Waals surface area (Å²) in [6.45, 7) is 7.03. The molecule has 2 N–H and O–H groups in total. The van der Waals surface area contributed by atoms with Gasteiger partial charge in [0.25, 0.3) is 0 Å². The van der Waals surface area contributed by atoms with E-state index in [4.69, 9.17) is 4.99 Å². The number of hydrogen-bond acceptors (Lipinski definition) is 2. The van der Waals surface area contributed by atoms with Gasteiger partial charge in [-0.05, 0) is 76.4 Å². The fourth-order valence-electron chi connectivity index (χ4n) is 3.03. The highest BCUT2D eigenvalue weighted by Gasteiger charge is 2.15. The van der Waals surface area contributed by atoms with E-state index in [2.05, 4.69) is 29.5 Å². The van der Waals surface area contributed by atoms with E-state index in [1.165, 1.54) is 44.5 Å². The molecule has 1 heterocycles. The van der Waals surface area contributed by atoms with E-state index in [-0.39, 0.29) is 29.8 Å². The van der Waals surface area contributed by atoms with Gasteiger partial charge in [-0.25, -0.2) is 4.39 Å². The number of halogens is 2. The number of likely N-dealkylation sites (tertiary alicyclic amines) is 1. The zero-order chi connectivity index (χ0) is 17.2. The standard InChI is InChI=1S/C19H31FN4.HI/c1-3-21-19(22-12-8-16-4-6-18(20)7-5-16)23-13-9-17-10-14-24(2)15-11-17;/h4-7,17H,3,8-15H2,1-2H3,(H2,21,22,23);1H. The quantitative estimate of drug-likeness (QED) is 0.371. The Morgan fingerprint density at radius 2 is 1.88 bits per heavy atom. The van der Waals surface area contributed by atoms with E-state index >= 15 is 0 Å². The van der Waals surface area contributed by atoms with Crippen molar-refractivity contribution in [1.29, 1.82) is 0 Å². The highest BCUT2D eigenvalue weighted by molar-refractivity contribution is 14.0. The molecule has 0 radical (unpaired) electrons. The van der Waals surface area contributed by atoms with Crippen molar-refractivity contribution in [1.82, 2.24) is 15.5 Å². The van der Waals surface area contributed by atoms with Gasteiger partial charge in [-0.1, -0.05) is 12.1 Å². The van der Waals surface area contributed by atoms with Crippen molar-refractivity contribution in [3.05, 3.63) is 35.6 Å². The number of hydrogen-bond donors (Lipinski definition) is 2. The lowest BCUT2D eigenvalue weighted by molar-refractivity contribution is 0.214. The van der Waals surface area contributed by atoms with Crippen molar-refractivity contribution in [3.8, 4) is 0 Å². The van der Waals surface area contributed by atoms with Crippen molar-refractivity contribution >= 4 is 29.9 Å². The van der Waals surface area contributed by atoms with Crippen LogP contribution in [0.25, 0.3) is 0 Å². The van der Waals surface area contributed by atoms with Gasteiger partial charge in [-0.15, -0.1) is 24.0 Å². The number of nitrogens with one attached hydrogen (secondary N) is 2. The first-order chi connectivity index (χ1) is 11.7. The van der Waals surface area contributed by atoms with Crippen molar-refractivity contribution < 1.29 is 4.39 Å². The molecule has 0 amide bonds. The molecular formula is C19H32FIN4. The number of rotatable bonds is 7. The van der Waals surface area contributed by atoms with E-state index < -0.39 is 0 Å². The molecule has 0 spiro atoms. The van der Waals surface area contributed by atoms with Crippen LogP contribution in [0.15, 0.2) is 29.3 Å². The Balaban J connectivity index is 0.00000312. The molecule has 2 rings (SSSR count). The van der Waals surface area contributed by atoms with Crippen LogP contribution in [0.1, 0.15) is 31.7 Å². The van der Waals surface area contributed by atoms with Crippen LogP contribution in [0.3, 0.4) is 0 Å². The minimum atomic E-state index is -0.185. The summed E-state index contributed by atoms with van der Waals surface area (Å²) in [7, 11) is 2.20. The summed E-state index contributed by atoms with van der Waals surface area (Å²) >= 11 is 0. The van der Waals surface area contributed by atoms with Crippen LogP contribution in [-0.2, 0) is 6.42 Å². The van der Waals surface area contributed by atoms with Gasteiger partial charge in [0.2, 0.25) is 0 Å². The van der Waals surface area contributed by atoms with Crippen molar-refractivity contribution in [2.24, 2.45) is 10.9 Å². The minimum absolute atomic E-state index is 0. The van der Waals surface area contributed by atoms with Crippen LogP contribution in [0.4, 0.5) is 4.39 Å². The van der Waals surface area contributed by atoms with Crippen LogP contribution in [-0.4, -0.2) is 50.6 Å². The van der Waals surface area contributed by atoms with E-state index in [1.807, 2.05) is 12.1 Å². The van der Waals surface area contributed by atoms with Gasteiger partial charge in [-0.3, -0.25) is 4.99 Å². The number of piperidine rings is 1. The molecule has 142 valence electrons.